The van der Waals surface area contributed by atoms with Crippen molar-refractivity contribution in [3.8, 4) is 0 Å². The van der Waals surface area contributed by atoms with Gasteiger partial charge in [0.15, 0.2) is 5.11 Å². The van der Waals surface area contributed by atoms with Gasteiger partial charge in [0.1, 0.15) is 0 Å². The van der Waals surface area contributed by atoms with Crippen LogP contribution in [0, 0.1) is 5.92 Å². The molecule has 29 heavy (non-hydrogen) atoms. The lowest BCUT2D eigenvalue weighted by atomic mass is 9.99. The van der Waals surface area contributed by atoms with Gasteiger partial charge in [-0.1, -0.05) is 58.2 Å². The van der Waals surface area contributed by atoms with Gasteiger partial charge in [-0.25, -0.2) is 0 Å². The smallest absolute Gasteiger partial charge is 0.238 e. The third kappa shape index (κ3) is 7.94. The van der Waals surface area contributed by atoms with Crippen molar-refractivity contribution in [2.75, 3.05) is 44.6 Å². The molecular weight excluding hydrogens is 380 g/mol. The van der Waals surface area contributed by atoms with Gasteiger partial charge >= 0.3 is 0 Å². The topological polar surface area (TPSA) is 47.6 Å². The lowest BCUT2D eigenvalue weighted by Crippen LogP contribution is -2.53. The minimum Gasteiger partial charge on any atom is -0.362 e. The molecule has 1 aromatic rings. The number of carbonyl (C=O) groups excluding carboxylic acids is 1. The fourth-order valence-corrected chi connectivity index (χ4v) is 4.01. The third-order valence-corrected chi connectivity index (χ3v) is 6.19. The number of benzene rings is 1. The largest absolute Gasteiger partial charge is 0.362 e. The Labute approximate surface area is 182 Å². The van der Waals surface area contributed by atoms with Crippen LogP contribution in [-0.2, 0) is 11.2 Å². The number of para-hydroxylation sites is 1. The highest BCUT2D eigenvalue weighted by Gasteiger charge is 2.21. The number of unbranched alkanes of at least 4 members (excludes halogenated alkanes) is 1. The molecule has 1 amide bonds. The van der Waals surface area contributed by atoms with E-state index in [2.05, 4.69) is 47.3 Å². The number of nitrogens with zero attached hydrogens (tertiary/aromatic N) is 2. The zero-order chi connectivity index (χ0) is 21.1. The van der Waals surface area contributed by atoms with Crippen molar-refractivity contribution in [1.29, 1.82) is 0 Å². The zero-order valence-electron chi connectivity index (χ0n) is 18.4. The first kappa shape index (κ1) is 23.6. The van der Waals surface area contributed by atoms with Crippen molar-refractivity contribution in [3.05, 3.63) is 29.8 Å². The molecule has 1 aromatic carbocycles. The van der Waals surface area contributed by atoms with E-state index in [-0.39, 0.29) is 5.91 Å². The summed E-state index contributed by atoms with van der Waals surface area (Å²) in [6, 6.07) is 8.01. The number of piperazine rings is 1. The van der Waals surface area contributed by atoms with Gasteiger partial charge in [0.25, 0.3) is 0 Å². The van der Waals surface area contributed by atoms with E-state index < -0.39 is 0 Å². The van der Waals surface area contributed by atoms with Crippen LogP contribution < -0.4 is 10.6 Å². The van der Waals surface area contributed by atoms with Crippen molar-refractivity contribution in [2.24, 2.45) is 5.92 Å². The fourth-order valence-electron chi connectivity index (χ4n) is 3.74. The van der Waals surface area contributed by atoms with Crippen LogP contribution in [0.2, 0.25) is 0 Å². The van der Waals surface area contributed by atoms with Gasteiger partial charge < -0.3 is 15.5 Å². The van der Waals surface area contributed by atoms with Gasteiger partial charge in [0, 0.05) is 38.4 Å². The second kappa shape index (κ2) is 12.8. The first-order valence-electron chi connectivity index (χ1n) is 11.2. The number of anilines is 1. The molecule has 2 rings (SSSR count). The molecule has 5 nitrogen and oxygen atoms in total. The highest BCUT2D eigenvalue weighted by atomic mass is 32.1. The van der Waals surface area contributed by atoms with E-state index in [1.165, 1.54) is 31.2 Å². The molecule has 0 unspecified atom stereocenters. The number of carbonyl (C=O) groups is 1. The molecule has 0 bridgehead atoms. The average molecular weight is 419 g/mol. The summed E-state index contributed by atoms with van der Waals surface area (Å²) in [5, 5.41) is 7.40. The summed E-state index contributed by atoms with van der Waals surface area (Å²) < 4.78 is 0. The SMILES string of the molecule is CCCC[C@H](CC)CNC(=S)N1CCN(CC(=O)Nc2ccccc2CC)CC1. The van der Waals surface area contributed by atoms with Gasteiger partial charge in [-0.05, 0) is 42.6 Å². The summed E-state index contributed by atoms with van der Waals surface area (Å²) in [6.45, 7) is 11.5. The van der Waals surface area contributed by atoms with Gasteiger partial charge in [-0.3, -0.25) is 9.69 Å². The van der Waals surface area contributed by atoms with Crippen molar-refractivity contribution < 1.29 is 4.79 Å². The zero-order valence-corrected chi connectivity index (χ0v) is 19.2. The molecule has 0 aliphatic carbocycles. The Balaban J connectivity index is 1.71. The number of hydrogen-bond acceptors (Lipinski definition) is 3. The minimum atomic E-state index is 0.0572. The van der Waals surface area contributed by atoms with E-state index in [0.717, 1.165) is 49.9 Å². The van der Waals surface area contributed by atoms with Crippen LogP contribution in [0.5, 0.6) is 0 Å². The molecule has 2 N–H and O–H groups in total. The molecule has 1 fully saturated rings. The molecule has 0 radical (unpaired) electrons. The molecule has 1 atom stereocenters. The number of amides is 1. The molecule has 0 saturated carbocycles. The maximum atomic E-state index is 12.5. The summed E-state index contributed by atoms with van der Waals surface area (Å²) in [5.74, 6) is 0.755. The highest BCUT2D eigenvalue weighted by molar-refractivity contribution is 7.80. The van der Waals surface area contributed by atoms with E-state index in [1.807, 2.05) is 18.2 Å². The van der Waals surface area contributed by atoms with Crippen molar-refractivity contribution in [3.63, 3.8) is 0 Å². The summed E-state index contributed by atoms with van der Waals surface area (Å²) in [5.41, 5.74) is 2.10. The summed E-state index contributed by atoms with van der Waals surface area (Å²) >= 11 is 5.61. The van der Waals surface area contributed by atoms with Crippen LogP contribution in [0.25, 0.3) is 0 Å². The Morgan fingerprint density at radius 3 is 2.52 bits per heavy atom. The van der Waals surface area contributed by atoms with Crippen LogP contribution in [0.4, 0.5) is 5.69 Å². The van der Waals surface area contributed by atoms with Crippen molar-refractivity contribution in [2.45, 2.75) is 52.9 Å². The fraction of sp³-hybridized carbons (Fsp3) is 0.652. The lowest BCUT2D eigenvalue weighted by molar-refractivity contribution is -0.117. The normalized spacial score (nSPS) is 15.8. The molecule has 1 saturated heterocycles. The summed E-state index contributed by atoms with van der Waals surface area (Å²) in [7, 11) is 0. The maximum absolute atomic E-state index is 12.5. The maximum Gasteiger partial charge on any atom is 0.238 e. The average Bonchev–Trinajstić information content (AvgIpc) is 2.74. The van der Waals surface area contributed by atoms with E-state index in [4.69, 9.17) is 12.2 Å². The second-order valence-electron chi connectivity index (χ2n) is 7.92. The second-order valence-corrected chi connectivity index (χ2v) is 8.31. The Bertz CT molecular complexity index is 644. The van der Waals surface area contributed by atoms with E-state index >= 15 is 0 Å². The Morgan fingerprint density at radius 2 is 1.86 bits per heavy atom. The van der Waals surface area contributed by atoms with Crippen molar-refractivity contribution >= 4 is 28.9 Å². The van der Waals surface area contributed by atoms with Crippen LogP contribution in [0.3, 0.4) is 0 Å². The molecule has 1 heterocycles. The van der Waals surface area contributed by atoms with Crippen molar-refractivity contribution in [1.82, 2.24) is 15.1 Å². The minimum absolute atomic E-state index is 0.0572. The molecular formula is C23H38N4OS. The molecule has 0 spiro atoms. The number of thiocarbonyl (C=S) groups is 1. The summed E-state index contributed by atoms with van der Waals surface area (Å²) in [6.07, 6.45) is 5.92. The number of rotatable bonds is 10. The van der Waals surface area contributed by atoms with E-state index in [0.29, 0.717) is 12.5 Å². The van der Waals surface area contributed by atoms with Gasteiger partial charge in [0.2, 0.25) is 5.91 Å². The first-order valence-corrected chi connectivity index (χ1v) is 11.6. The van der Waals surface area contributed by atoms with Crippen LogP contribution in [0.15, 0.2) is 24.3 Å². The van der Waals surface area contributed by atoms with Crippen LogP contribution >= 0.6 is 12.2 Å². The molecule has 162 valence electrons. The lowest BCUT2D eigenvalue weighted by Gasteiger charge is -2.36. The van der Waals surface area contributed by atoms with Gasteiger partial charge in [-0.2, -0.15) is 0 Å². The van der Waals surface area contributed by atoms with E-state index in [1.54, 1.807) is 0 Å². The number of aryl methyl sites for hydroxylation is 1. The Morgan fingerprint density at radius 1 is 1.14 bits per heavy atom. The first-order chi connectivity index (χ1) is 14.1. The Kier molecular flexibility index (Phi) is 10.4. The Hall–Kier alpha value is -1.66. The number of hydrogen-bond donors (Lipinski definition) is 2. The standard InChI is InChI=1S/C23H38N4OS/c1-4-7-10-19(5-2)17-24-23(29)27-15-13-26(14-16-27)18-22(28)25-21-12-9-8-11-20(21)6-3/h8-9,11-12,19H,4-7,10,13-18H2,1-3H3,(H,24,29)(H,25,28)/t19-/m0/s1. The predicted octanol–water partition coefficient (Wildman–Crippen LogP) is 3.90. The molecule has 0 aromatic heterocycles. The van der Waals surface area contributed by atoms with Crippen LogP contribution in [0.1, 0.15) is 52.0 Å². The molecule has 1 aliphatic rings. The van der Waals surface area contributed by atoms with Crippen LogP contribution in [-0.4, -0.2) is 60.1 Å². The third-order valence-electron chi connectivity index (χ3n) is 5.78. The van der Waals surface area contributed by atoms with E-state index in [9.17, 15) is 4.79 Å². The summed E-state index contributed by atoms with van der Waals surface area (Å²) in [4.78, 5) is 16.9. The molecule has 6 heteroatoms. The highest BCUT2D eigenvalue weighted by Crippen LogP contribution is 2.15. The number of nitrogens with one attached hydrogen (secondary N) is 2. The monoisotopic (exact) mass is 418 g/mol. The van der Waals surface area contributed by atoms with Gasteiger partial charge in [-0.15, -0.1) is 0 Å². The quantitative estimate of drug-likeness (QED) is 0.565. The van der Waals surface area contributed by atoms with Gasteiger partial charge in [0.05, 0.1) is 6.54 Å². The molecule has 1 aliphatic heterocycles. The predicted molar refractivity (Wildman–Crippen MR) is 126 cm³/mol.